The minimum Gasteiger partial charge on any atom is -0.463 e. The Morgan fingerprint density at radius 1 is 1.05 bits per heavy atom. The van der Waals surface area contributed by atoms with Crippen LogP contribution in [-0.4, -0.2) is 16.2 Å². The molecule has 4 heteroatoms. The minimum atomic E-state index is -0.170. The molecule has 1 heterocycles. The molecule has 0 unspecified atom stereocenters. The van der Waals surface area contributed by atoms with Crippen LogP contribution in [0.5, 0.6) is 0 Å². The quantitative estimate of drug-likeness (QED) is 0.340. The molecule has 0 fully saturated rings. The maximum Gasteiger partial charge on any atom is 0.257 e. The normalized spacial score (nSPS) is 11.8. The first-order chi connectivity index (χ1) is 10.5. The SMILES string of the molecule is Cc1ccc(/[N+](O)=C/c2coc3ccc(C)cc3c2=O)cc1. The first-order valence-electron chi connectivity index (χ1n) is 6.96. The van der Waals surface area contributed by atoms with Crippen molar-refractivity contribution in [2.45, 2.75) is 13.8 Å². The number of rotatable bonds is 2. The Labute approximate surface area is 127 Å². The zero-order valence-corrected chi connectivity index (χ0v) is 12.4. The second kappa shape index (κ2) is 5.48. The van der Waals surface area contributed by atoms with Gasteiger partial charge in [-0.25, -0.2) is 0 Å². The highest BCUT2D eigenvalue weighted by Gasteiger charge is 2.12. The summed E-state index contributed by atoms with van der Waals surface area (Å²) in [4.78, 5) is 12.5. The zero-order chi connectivity index (χ0) is 15.7. The van der Waals surface area contributed by atoms with Crippen LogP contribution in [0.1, 0.15) is 16.7 Å². The van der Waals surface area contributed by atoms with Gasteiger partial charge in [-0.15, -0.1) is 0 Å². The van der Waals surface area contributed by atoms with E-state index in [1.165, 1.54) is 12.5 Å². The Balaban J connectivity index is 2.10. The standard InChI is InChI=1S/C18H16NO3/c1-12-3-6-15(7-4-12)19(21)10-14-11-22-17-8-5-13(2)9-16(17)18(14)20/h3-11,21H,1-2H3/q+1/b19-10-. The summed E-state index contributed by atoms with van der Waals surface area (Å²) in [6, 6.07) is 12.8. The molecule has 22 heavy (non-hydrogen) atoms. The van der Waals surface area contributed by atoms with Crippen molar-refractivity contribution in [3.05, 3.63) is 75.6 Å². The maximum absolute atomic E-state index is 12.5. The van der Waals surface area contributed by atoms with E-state index in [1.807, 2.05) is 32.0 Å². The fraction of sp³-hybridized carbons (Fsp3) is 0.111. The van der Waals surface area contributed by atoms with E-state index in [0.29, 0.717) is 22.2 Å². The second-order valence-corrected chi connectivity index (χ2v) is 5.33. The Morgan fingerprint density at radius 2 is 1.73 bits per heavy atom. The van der Waals surface area contributed by atoms with Crippen molar-refractivity contribution in [1.29, 1.82) is 0 Å². The summed E-state index contributed by atoms with van der Waals surface area (Å²) >= 11 is 0. The zero-order valence-electron chi connectivity index (χ0n) is 12.4. The van der Waals surface area contributed by atoms with Gasteiger partial charge in [-0.3, -0.25) is 10.0 Å². The largest absolute Gasteiger partial charge is 0.463 e. The van der Waals surface area contributed by atoms with E-state index in [4.69, 9.17) is 4.42 Å². The molecule has 0 aliphatic carbocycles. The number of aryl methyl sites for hydroxylation is 2. The highest BCUT2D eigenvalue weighted by Crippen LogP contribution is 2.14. The second-order valence-electron chi connectivity index (χ2n) is 5.33. The summed E-state index contributed by atoms with van der Waals surface area (Å²) in [7, 11) is 0. The van der Waals surface area contributed by atoms with Crippen LogP contribution in [0.2, 0.25) is 0 Å². The first kappa shape index (κ1) is 14.1. The molecular weight excluding hydrogens is 278 g/mol. The average molecular weight is 294 g/mol. The van der Waals surface area contributed by atoms with Crippen LogP contribution in [0.15, 0.2) is 57.9 Å². The van der Waals surface area contributed by atoms with Gasteiger partial charge in [0.2, 0.25) is 11.6 Å². The number of nitrogens with zero attached hydrogens (tertiary/aromatic N) is 1. The van der Waals surface area contributed by atoms with Crippen LogP contribution < -0.4 is 5.43 Å². The molecule has 4 nitrogen and oxygen atoms in total. The van der Waals surface area contributed by atoms with Gasteiger partial charge in [0.05, 0.1) is 5.39 Å². The Kier molecular flexibility index (Phi) is 3.51. The van der Waals surface area contributed by atoms with Crippen molar-refractivity contribution in [2.24, 2.45) is 0 Å². The average Bonchev–Trinajstić information content (AvgIpc) is 2.51. The molecule has 1 aromatic heterocycles. The van der Waals surface area contributed by atoms with Crippen molar-refractivity contribution in [2.75, 3.05) is 0 Å². The molecule has 2 aromatic carbocycles. The molecule has 0 saturated heterocycles. The summed E-state index contributed by atoms with van der Waals surface area (Å²) in [5, 5.41) is 10.6. The lowest BCUT2D eigenvalue weighted by Gasteiger charge is -1.99. The number of benzene rings is 2. The van der Waals surface area contributed by atoms with Crippen molar-refractivity contribution < 1.29 is 14.4 Å². The smallest absolute Gasteiger partial charge is 0.257 e. The lowest BCUT2D eigenvalue weighted by Crippen LogP contribution is -2.13. The number of hydrogen-bond donors (Lipinski definition) is 1. The molecule has 1 N–H and O–H groups in total. The van der Waals surface area contributed by atoms with Gasteiger partial charge in [-0.05, 0) is 26.0 Å². The lowest BCUT2D eigenvalue weighted by atomic mass is 10.1. The molecule has 3 rings (SSSR count). The molecule has 3 aromatic rings. The van der Waals surface area contributed by atoms with Gasteiger partial charge in [-0.2, -0.15) is 0 Å². The Bertz CT molecular complexity index is 921. The topological polar surface area (TPSA) is 53.5 Å². The molecule has 0 spiro atoms. The lowest BCUT2D eigenvalue weighted by molar-refractivity contribution is -0.709. The van der Waals surface area contributed by atoms with Gasteiger partial charge in [0, 0.05) is 16.9 Å². The van der Waals surface area contributed by atoms with Crippen LogP contribution in [0.3, 0.4) is 0 Å². The van der Waals surface area contributed by atoms with E-state index in [-0.39, 0.29) is 5.43 Å². The molecule has 0 atom stereocenters. The molecule has 110 valence electrons. The Hall–Kier alpha value is -2.88. The van der Waals surface area contributed by atoms with Gasteiger partial charge >= 0.3 is 0 Å². The van der Waals surface area contributed by atoms with Crippen molar-refractivity contribution in [1.82, 2.24) is 0 Å². The summed E-state index contributed by atoms with van der Waals surface area (Å²) < 4.78 is 6.39. The molecule has 0 amide bonds. The van der Waals surface area contributed by atoms with Gasteiger partial charge < -0.3 is 4.42 Å². The van der Waals surface area contributed by atoms with E-state index < -0.39 is 0 Å². The third-order valence-electron chi connectivity index (χ3n) is 3.51. The fourth-order valence-corrected chi connectivity index (χ4v) is 2.25. The highest BCUT2D eigenvalue weighted by atomic mass is 16.5. The van der Waals surface area contributed by atoms with E-state index in [0.717, 1.165) is 15.9 Å². The molecule has 0 aliphatic heterocycles. The van der Waals surface area contributed by atoms with Crippen LogP contribution in [0.25, 0.3) is 11.0 Å². The van der Waals surface area contributed by atoms with E-state index >= 15 is 0 Å². The summed E-state index contributed by atoms with van der Waals surface area (Å²) in [5.41, 5.74) is 3.31. The van der Waals surface area contributed by atoms with E-state index in [9.17, 15) is 10.0 Å². The first-order valence-corrected chi connectivity index (χ1v) is 6.96. The fourth-order valence-electron chi connectivity index (χ4n) is 2.25. The number of fused-ring (bicyclic) bond motifs is 1. The Morgan fingerprint density at radius 3 is 2.45 bits per heavy atom. The predicted octanol–water partition coefficient (Wildman–Crippen LogP) is 3.56. The van der Waals surface area contributed by atoms with Gasteiger partial charge in [0.1, 0.15) is 17.4 Å². The van der Waals surface area contributed by atoms with Gasteiger partial charge in [0.15, 0.2) is 0 Å². The number of hydrogen-bond acceptors (Lipinski definition) is 3. The van der Waals surface area contributed by atoms with Crippen LogP contribution in [0, 0.1) is 13.8 Å². The van der Waals surface area contributed by atoms with Crippen molar-refractivity contribution >= 4 is 22.9 Å². The van der Waals surface area contributed by atoms with Crippen molar-refractivity contribution in [3.63, 3.8) is 0 Å². The predicted molar refractivity (Wildman–Crippen MR) is 85.3 cm³/mol. The van der Waals surface area contributed by atoms with Crippen LogP contribution >= 0.6 is 0 Å². The van der Waals surface area contributed by atoms with Gasteiger partial charge in [-0.1, -0.05) is 29.3 Å². The highest BCUT2D eigenvalue weighted by molar-refractivity contribution is 5.85. The molecule has 0 aliphatic rings. The third-order valence-corrected chi connectivity index (χ3v) is 3.51. The van der Waals surface area contributed by atoms with E-state index in [1.54, 1.807) is 24.3 Å². The van der Waals surface area contributed by atoms with E-state index in [2.05, 4.69) is 0 Å². The monoisotopic (exact) mass is 294 g/mol. The van der Waals surface area contributed by atoms with Crippen LogP contribution in [-0.2, 0) is 0 Å². The van der Waals surface area contributed by atoms with Crippen molar-refractivity contribution in [3.8, 4) is 0 Å². The summed E-state index contributed by atoms with van der Waals surface area (Å²) in [5.74, 6) is 0. The molecule has 0 bridgehead atoms. The van der Waals surface area contributed by atoms with Gasteiger partial charge in [0.25, 0.3) is 5.69 Å². The van der Waals surface area contributed by atoms with Crippen LogP contribution in [0.4, 0.5) is 5.69 Å². The third kappa shape index (κ3) is 2.63. The molecule has 0 saturated carbocycles. The summed E-state index contributed by atoms with van der Waals surface area (Å²) in [6.45, 7) is 3.88. The molecular formula is C18H16NO3+. The summed E-state index contributed by atoms with van der Waals surface area (Å²) in [6.07, 6.45) is 2.72. The molecule has 0 radical (unpaired) electrons. The maximum atomic E-state index is 12.5. The minimum absolute atomic E-state index is 0.170.